The molecule has 3 rings (SSSR count). The molecule has 0 saturated heterocycles. The van der Waals surface area contributed by atoms with E-state index in [4.69, 9.17) is 5.73 Å². The molecule has 1 aromatic heterocycles. The zero-order valence-corrected chi connectivity index (χ0v) is 11.4. The van der Waals surface area contributed by atoms with Crippen LogP contribution in [0, 0.1) is 6.92 Å². The topological polar surface area (TPSA) is 30.9 Å². The molecule has 96 valence electrons. The van der Waals surface area contributed by atoms with Crippen molar-refractivity contribution in [2.45, 2.75) is 52.1 Å². The predicted octanol–water partition coefficient (Wildman–Crippen LogP) is 3.18. The Kier molecular flexibility index (Phi) is 2.90. The number of benzene rings is 1. The monoisotopic (exact) mass is 242 g/mol. The van der Waals surface area contributed by atoms with Gasteiger partial charge in [0.1, 0.15) is 0 Å². The molecule has 18 heavy (non-hydrogen) atoms. The van der Waals surface area contributed by atoms with Gasteiger partial charge < -0.3 is 10.3 Å². The fourth-order valence-corrected chi connectivity index (χ4v) is 3.28. The Labute approximate surface area is 109 Å². The number of aryl methyl sites for hydroxylation is 3. The molecule has 0 bridgehead atoms. The minimum atomic E-state index is 0.288. The van der Waals surface area contributed by atoms with Crippen LogP contribution in [0.4, 0.5) is 0 Å². The van der Waals surface area contributed by atoms with Crippen molar-refractivity contribution in [2.24, 2.45) is 5.73 Å². The summed E-state index contributed by atoms with van der Waals surface area (Å²) >= 11 is 0. The van der Waals surface area contributed by atoms with Gasteiger partial charge in [-0.2, -0.15) is 0 Å². The van der Waals surface area contributed by atoms with Gasteiger partial charge in [0, 0.05) is 23.7 Å². The highest BCUT2D eigenvalue weighted by Gasteiger charge is 2.19. The van der Waals surface area contributed by atoms with E-state index < -0.39 is 0 Å². The molecule has 2 heteroatoms. The van der Waals surface area contributed by atoms with E-state index in [1.54, 1.807) is 0 Å². The molecule has 2 heterocycles. The minimum absolute atomic E-state index is 0.288. The van der Waals surface area contributed by atoms with E-state index in [1.807, 2.05) is 0 Å². The predicted molar refractivity (Wildman–Crippen MR) is 77.0 cm³/mol. The average Bonchev–Trinajstić information content (AvgIpc) is 2.63. The molecule has 0 amide bonds. The highest BCUT2D eigenvalue weighted by atomic mass is 15.0. The SMILES string of the molecule is Cc1c(CCC(C)N)c2cccc3c2n1CCC3. The van der Waals surface area contributed by atoms with Crippen molar-refractivity contribution in [3.63, 3.8) is 0 Å². The standard InChI is InChI=1S/C16H22N2/c1-11(17)8-9-14-12(2)18-10-4-6-13-5-3-7-15(14)16(13)18/h3,5,7,11H,4,6,8-10,17H2,1-2H3. The van der Waals surface area contributed by atoms with Gasteiger partial charge in [0.2, 0.25) is 0 Å². The smallest absolute Gasteiger partial charge is 0.0517 e. The maximum absolute atomic E-state index is 5.91. The van der Waals surface area contributed by atoms with Crippen molar-refractivity contribution in [1.82, 2.24) is 4.57 Å². The third-order valence-corrected chi connectivity index (χ3v) is 4.23. The third kappa shape index (κ3) is 1.76. The van der Waals surface area contributed by atoms with Crippen LogP contribution in [0.1, 0.15) is 36.6 Å². The van der Waals surface area contributed by atoms with Crippen LogP contribution in [-0.2, 0) is 19.4 Å². The summed E-state index contributed by atoms with van der Waals surface area (Å²) < 4.78 is 2.52. The maximum atomic E-state index is 5.91. The zero-order chi connectivity index (χ0) is 12.7. The molecule has 1 atom stereocenters. The lowest BCUT2D eigenvalue weighted by Crippen LogP contribution is -2.15. The number of para-hydroxylation sites is 1. The highest BCUT2D eigenvalue weighted by Crippen LogP contribution is 2.33. The zero-order valence-electron chi connectivity index (χ0n) is 11.4. The number of rotatable bonds is 3. The van der Waals surface area contributed by atoms with E-state index in [1.165, 1.54) is 47.1 Å². The van der Waals surface area contributed by atoms with Gasteiger partial charge in [-0.15, -0.1) is 0 Å². The quantitative estimate of drug-likeness (QED) is 0.880. The lowest BCUT2D eigenvalue weighted by molar-refractivity contribution is 0.616. The van der Waals surface area contributed by atoms with E-state index in [2.05, 4.69) is 36.6 Å². The molecule has 2 nitrogen and oxygen atoms in total. The van der Waals surface area contributed by atoms with Gasteiger partial charge in [-0.25, -0.2) is 0 Å². The van der Waals surface area contributed by atoms with E-state index in [9.17, 15) is 0 Å². The summed E-state index contributed by atoms with van der Waals surface area (Å²) in [6, 6.07) is 7.06. The molecular formula is C16H22N2. The molecule has 0 spiro atoms. The van der Waals surface area contributed by atoms with Crippen LogP contribution < -0.4 is 5.73 Å². The first-order valence-corrected chi connectivity index (χ1v) is 7.03. The van der Waals surface area contributed by atoms with Crippen LogP contribution in [0.2, 0.25) is 0 Å². The van der Waals surface area contributed by atoms with Gasteiger partial charge in [0.25, 0.3) is 0 Å². The maximum Gasteiger partial charge on any atom is 0.0517 e. The van der Waals surface area contributed by atoms with Crippen LogP contribution in [0.5, 0.6) is 0 Å². The molecular weight excluding hydrogens is 220 g/mol. The van der Waals surface area contributed by atoms with Gasteiger partial charge in [0.15, 0.2) is 0 Å². The molecule has 1 aliphatic heterocycles. The van der Waals surface area contributed by atoms with Crippen molar-refractivity contribution in [1.29, 1.82) is 0 Å². The number of hydrogen-bond donors (Lipinski definition) is 1. The molecule has 0 aliphatic carbocycles. The Balaban J connectivity index is 2.15. The van der Waals surface area contributed by atoms with E-state index in [0.717, 1.165) is 12.8 Å². The summed E-state index contributed by atoms with van der Waals surface area (Å²) in [6.07, 6.45) is 4.68. The Morgan fingerprint density at radius 3 is 3.00 bits per heavy atom. The Morgan fingerprint density at radius 2 is 2.22 bits per heavy atom. The summed E-state index contributed by atoms with van der Waals surface area (Å²) in [7, 11) is 0. The number of nitrogens with two attached hydrogens (primary N) is 1. The lowest BCUT2D eigenvalue weighted by atomic mass is 10.00. The normalized spacial score (nSPS) is 16.2. The summed E-state index contributed by atoms with van der Waals surface area (Å²) in [5.74, 6) is 0. The summed E-state index contributed by atoms with van der Waals surface area (Å²) in [5.41, 5.74) is 11.9. The van der Waals surface area contributed by atoms with Gasteiger partial charge >= 0.3 is 0 Å². The molecule has 1 aromatic carbocycles. The first kappa shape index (κ1) is 11.8. The third-order valence-electron chi connectivity index (χ3n) is 4.23. The molecule has 0 saturated carbocycles. The van der Waals surface area contributed by atoms with E-state index in [0.29, 0.717) is 0 Å². The summed E-state index contributed by atoms with van der Waals surface area (Å²) in [4.78, 5) is 0. The van der Waals surface area contributed by atoms with Gasteiger partial charge in [-0.05, 0) is 50.7 Å². The minimum Gasteiger partial charge on any atom is -0.344 e. The van der Waals surface area contributed by atoms with Crippen molar-refractivity contribution in [3.8, 4) is 0 Å². The van der Waals surface area contributed by atoms with Gasteiger partial charge in [-0.3, -0.25) is 0 Å². The molecule has 1 unspecified atom stereocenters. The van der Waals surface area contributed by atoms with Crippen LogP contribution in [0.15, 0.2) is 18.2 Å². The van der Waals surface area contributed by atoms with Gasteiger partial charge in [-0.1, -0.05) is 18.2 Å². The second-order valence-electron chi connectivity index (χ2n) is 5.65. The first-order valence-electron chi connectivity index (χ1n) is 7.03. The Morgan fingerprint density at radius 1 is 1.39 bits per heavy atom. The first-order chi connectivity index (χ1) is 8.68. The van der Waals surface area contributed by atoms with Crippen LogP contribution in [0.3, 0.4) is 0 Å². The molecule has 2 N–H and O–H groups in total. The van der Waals surface area contributed by atoms with Crippen molar-refractivity contribution < 1.29 is 0 Å². The van der Waals surface area contributed by atoms with Crippen molar-refractivity contribution in [3.05, 3.63) is 35.0 Å². The molecule has 2 aromatic rings. The lowest BCUT2D eigenvalue weighted by Gasteiger charge is -2.16. The number of nitrogens with zero attached hydrogens (tertiary/aromatic N) is 1. The van der Waals surface area contributed by atoms with Crippen molar-refractivity contribution in [2.75, 3.05) is 0 Å². The summed E-state index contributed by atoms with van der Waals surface area (Å²) in [6.45, 7) is 5.54. The number of aromatic nitrogens is 1. The van der Waals surface area contributed by atoms with Crippen LogP contribution in [0.25, 0.3) is 10.9 Å². The number of hydrogen-bond acceptors (Lipinski definition) is 1. The molecule has 0 fully saturated rings. The van der Waals surface area contributed by atoms with Crippen LogP contribution >= 0.6 is 0 Å². The van der Waals surface area contributed by atoms with Gasteiger partial charge in [0.05, 0.1) is 5.52 Å². The Bertz CT molecular complexity index is 578. The van der Waals surface area contributed by atoms with E-state index >= 15 is 0 Å². The second kappa shape index (κ2) is 4.43. The summed E-state index contributed by atoms with van der Waals surface area (Å²) in [5, 5.41) is 1.46. The van der Waals surface area contributed by atoms with Crippen LogP contribution in [-0.4, -0.2) is 10.6 Å². The highest BCUT2D eigenvalue weighted by molar-refractivity contribution is 5.88. The second-order valence-corrected chi connectivity index (χ2v) is 5.65. The fraction of sp³-hybridized carbons (Fsp3) is 0.500. The van der Waals surface area contributed by atoms with E-state index in [-0.39, 0.29) is 6.04 Å². The molecule has 0 radical (unpaired) electrons. The molecule has 1 aliphatic rings. The average molecular weight is 242 g/mol. The fourth-order valence-electron chi connectivity index (χ4n) is 3.28. The Hall–Kier alpha value is -1.28. The van der Waals surface area contributed by atoms with Crippen molar-refractivity contribution >= 4 is 10.9 Å². The largest absolute Gasteiger partial charge is 0.344 e.